The molecule has 0 bridgehead atoms. The Morgan fingerprint density at radius 3 is 2.70 bits per heavy atom. The first-order chi connectivity index (χ1) is 11.1. The molecule has 120 valence electrons. The van der Waals surface area contributed by atoms with Crippen LogP contribution in [0.4, 0.5) is 0 Å². The average molecular weight is 312 g/mol. The predicted octanol–water partition coefficient (Wildman–Crippen LogP) is 1.25. The van der Waals surface area contributed by atoms with Gasteiger partial charge in [-0.2, -0.15) is 15.4 Å². The summed E-state index contributed by atoms with van der Waals surface area (Å²) in [6, 6.07) is 10.2. The van der Waals surface area contributed by atoms with E-state index in [2.05, 4.69) is 27.5 Å². The standard InChI is InChI=1S/C17H20N4O2/c22-15(16(6-7-16)10-13-4-2-1-3-5-13)21-9-8-17(23,12-21)14-11-18-20-19-14/h1-5,11,23H,6-10,12H2,(H,18,19,20). The highest BCUT2D eigenvalue weighted by molar-refractivity contribution is 5.86. The first-order valence-electron chi connectivity index (χ1n) is 8.03. The van der Waals surface area contributed by atoms with E-state index >= 15 is 0 Å². The Kier molecular flexibility index (Phi) is 3.23. The number of hydrogen-bond donors (Lipinski definition) is 2. The number of aromatic nitrogens is 3. The number of nitrogens with one attached hydrogen (secondary N) is 1. The summed E-state index contributed by atoms with van der Waals surface area (Å²) in [5, 5.41) is 21.0. The Hall–Kier alpha value is -2.21. The lowest BCUT2D eigenvalue weighted by Crippen LogP contribution is -2.39. The van der Waals surface area contributed by atoms with Crippen LogP contribution in [0.3, 0.4) is 0 Å². The molecule has 2 N–H and O–H groups in total. The van der Waals surface area contributed by atoms with Crippen LogP contribution in [0.2, 0.25) is 0 Å². The minimum atomic E-state index is -1.08. The van der Waals surface area contributed by atoms with E-state index in [4.69, 9.17) is 0 Å². The van der Waals surface area contributed by atoms with Gasteiger partial charge in [0, 0.05) is 13.0 Å². The van der Waals surface area contributed by atoms with E-state index in [9.17, 15) is 9.90 Å². The van der Waals surface area contributed by atoms with Crippen LogP contribution >= 0.6 is 0 Å². The Balaban J connectivity index is 1.48. The zero-order valence-electron chi connectivity index (χ0n) is 12.9. The Bertz CT molecular complexity index is 697. The van der Waals surface area contributed by atoms with Crippen molar-refractivity contribution >= 4 is 5.91 Å². The molecule has 0 radical (unpaired) electrons. The number of aliphatic hydroxyl groups is 1. The molecule has 1 amide bonds. The van der Waals surface area contributed by atoms with Gasteiger partial charge in [-0.3, -0.25) is 4.79 Å². The number of hydrogen-bond acceptors (Lipinski definition) is 4. The molecule has 1 aromatic heterocycles. The topological polar surface area (TPSA) is 82.1 Å². The molecule has 2 aromatic rings. The van der Waals surface area contributed by atoms with Crippen LogP contribution in [0, 0.1) is 5.41 Å². The molecule has 6 nitrogen and oxygen atoms in total. The highest BCUT2D eigenvalue weighted by Crippen LogP contribution is 2.51. The lowest BCUT2D eigenvalue weighted by Gasteiger charge is -2.25. The molecule has 1 atom stereocenters. The molecular weight excluding hydrogens is 292 g/mol. The van der Waals surface area contributed by atoms with Crippen molar-refractivity contribution in [1.29, 1.82) is 0 Å². The molecule has 1 aromatic carbocycles. The SMILES string of the molecule is O=C(N1CCC(O)(c2cn[nH]n2)C1)C1(Cc2ccccc2)CC1. The average Bonchev–Trinajstić information content (AvgIpc) is 3.00. The second-order valence-corrected chi connectivity index (χ2v) is 6.81. The van der Waals surface area contributed by atoms with Gasteiger partial charge >= 0.3 is 0 Å². The molecule has 1 unspecified atom stereocenters. The van der Waals surface area contributed by atoms with Gasteiger partial charge in [0.05, 0.1) is 18.2 Å². The summed E-state index contributed by atoms with van der Waals surface area (Å²) in [6.45, 7) is 0.869. The van der Waals surface area contributed by atoms with Crippen molar-refractivity contribution in [2.75, 3.05) is 13.1 Å². The van der Waals surface area contributed by atoms with E-state index in [1.165, 1.54) is 11.8 Å². The van der Waals surface area contributed by atoms with Crippen LogP contribution in [0.1, 0.15) is 30.5 Å². The van der Waals surface area contributed by atoms with Crippen LogP contribution in [0.15, 0.2) is 36.5 Å². The summed E-state index contributed by atoms with van der Waals surface area (Å²) in [4.78, 5) is 14.8. The van der Waals surface area contributed by atoms with E-state index in [0.29, 0.717) is 25.2 Å². The third-order valence-corrected chi connectivity index (χ3v) is 5.12. The van der Waals surface area contributed by atoms with Crippen LogP contribution in [0.5, 0.6) is 0 Å². The zero-order valence-corrected chi connectivity index (χ0v) is 12.9. The van der Waals surface area contributed by atoms with Gasteiger partial charge in [-0.05, 0) is 24.8 Å². The Labute approximate surface area is 134 Å². The summed E-state index contributed by atoms with van der Waals surface area (Å²) in [6.07, 6.45) is 4.68. The lowest BCUT2D eigenvalue weighted by molar-refractivity contribution is -0.137. The number of nitrogens with zero attached hydrogens (tertiary/aromatic N) is 3. The molecule has 1 aliphatic carbocycles. The van der Waals surface area contributed by atoms with Crippen LogP contribution < -0.4 is 0 Å². The second kappa shape index (κ2) is 5.16. The molecule has 1 saturated heterocycles. The maximum atomic E-state index is 13.0. The minimum Gasteiger partial charge on any atom is -0.381 e. The lowest BCUT2D eigenvalue weighted by atomic mass is 9.95. The molecule has 1 saturated carbocycles. The van der Waals surface area contributed by atoms with Crippen LogP contribution in [0.25, 0.3) is 0 Å². The Morgan fingerprint density at radius 1 is 1.26 bits per heavy atom. The van der Waals surface area contributed by atoms with Crippen LogP contribution in [-0.4, -0.2) is 44.4 Å². The molecule has 23 heavy (non-hydrogen) atoms. The number of likely N-dealkylation sites (tertiary alicyclic amines) is 1. The van der Waals surface area contributed by atoms with Crippen LogP contribution in [-0.2, 0) is 16.8 Å². The van der Waals surface area contributed by atoms with Crippen molar-refractivity contribution in [3.05, 3.63) is 47.8 Å². The summed E-state index contributed by atoms with van der Waals surface area (Å²) < 4.78 is 0. The van der Waals surface area contributed by atoms with Crippen molar-refractivity contribution in [3.8, 4) is 0 Å². The van der Waals surface area contributed by atoms with Gasteiger partial charge in [0.1, 0.15) is 11.3 Å². The maximum absolute atomic E-state index is 13.0. The highest BCUT2D eigenvalue weighted by Gasteiger charge is 2.54. The number of amides is 1. The third kappa shape index (κ3) is 2.53. The predicted molar refractivity (Wildman–Crippen MR) is 83.3 cm³/mol. The third-order valence-electron chi connectivity index (χ3n) is 5.12. The fourth-order valence-electron chi connectivity index (χ4n) is 3.54. The number of H-pyrrole nitrogens is 1. The van der Waals surface area contributed by atoms with E-state index in [1.54, 1.807) is 4.90 Å². The van der Waals surface area contributed by atoms with Crippen molar-refractivity contribution < 1.29 is 9.90 Å². The fourth-order valence-corrected chi connectivity index (χ4v) is 3.54. The number of aromatic amines is 1. The van der Waals surface area contributed by atoms with Crippen molar-refractivity contribution in [2.45, 2.75) is 31.3 Å². The molecular formula is C17H20N4O2. The number of carbonyl (C=O) groups excluding carboxylic acids is 1. The number of carbonyl (C=O) groups is 1. The molecule has 2 heterocycles. The summed E-state index contributed by atoms with van der Waals surface area (Å²) in [7, 11) is 0. The van der Waals surface area contributed by atoms with E-state index < -0.39 is 5.60 Å². The zero-order chi connectivity index (χ0) is 15.9. The largest absolute Gasteiger partial charge is 0.381 e. The second-order valence-electron chi connectivity index (χ2n) is 6.81. The fraction of sp³-hybridized carbons (Fsp3) is 0.471. The van der Waals surface area contributed by atoms with E-state index in [1.807, 2.05) is 18.2 Å². The number of β-amino-alcohol motifs (C(OH)–C–C–N with tert-alkyl or cyclic N) is 1. The van der Waals surface area contributed by atoms with Gasteiger partial charge < -0.3 is 10.0 Å². The first-order valence-corrected chi connectivity index (χ1v) is 8.03. The first kappa shape index (κ1) is 14.4. The number of benzene rings is 1. The number of rotatable bonds is 4. The van der Waals surface area contributed by atoms with Gasteiger partial charge in [0.2, 0.25) is 5.91 Å². The van der Waals surface area contributed by atoms with Crippen molar-refractivity contribution in [3.63, 3.8) is 0 Å². The molecule has 4 rings (SSSR count). The summed E-state index contributed by atoms with van der Waals surface area (Å²) in [5.41, 5.74) is 0.368. The van der Waals surface area contributed by atoms with Gasteiger partial charge in [0.15, 0.2) is 0 Å². The monoisotopic (exact) mass is 312 g/mol. The smallest absolute Gasteiger partial charge is 0.229 e. The molecule has 6 heteroatoms. The summed E-state index contributed by atoms with van der Waals surface area (Å²) >= 11 is 0. The van der Waals surface area contributed by atoms with Crippen molar-refractivity contribution in [2.24, 2.45) is 5.41 Å². The maximum Gasteiger partial charge on any atom is 0.229 e. The molecule has 2 aliphatic rings. The molecule has 1 aliphatic heterocycles. The normalized spacial score (nSPS) is 25.5. The van der Waals surface area contributed by atoms with Gasteiger partial charge in [-0.25, -0.2) is 0 Å². The summed E-state index contributed by atoms with van der Waals surface area (Å²) in [5.74, 6) is 0.167. The molecule has 2 fully saturated rings. The van der Waals surface area contributed by atoms with Gasteiger partial charge in [-0.1, -0.05) is 30.3 Å². The Morgan fingerprint density at radius 2 is 2.04 bits per heavy atom. The van der Waals surface area contributed by atoms with E-state index in [-0.39, 0.29) is 11.3 Å². The highest BCUT2D eigenvalue weighted by atomic mass is 16.3. The van der Waals surface area contributed by atoms with Crippen molar-refractivity contribution in [1.82, 2.24) is 20.3 Å². The molecule has 0 spiro atoms. The van der Waals surface area contributed by atoms with E-state index in [0.717, 1.165) is 19.3 Å². The van der Waals surface area contributed by atoms with Gasteiger partial charge in [0.25, 0.3) is 0 Å². The van der Waals surface area contributed by atoms with Gasteiger partial charge in [-0.15, -0.1) is 0 Å². The quantitative estimate of drug-likeness (QED) is 0.890. The minimum absolute atomic E-state index is 0.167.